The highest BCUT2D eigenvalue weighted by Crippen LogP contribution is 2.01. The van der Waals surface area contributed by atoms with E-state index >= 15 is 0 Å². The summed E-state index contributed by atoms with van der Waals surface area (Å²) >= 11 is 8.53. The number of likely N-dealkylation sites (N-methyl/N-ethyl adjacent to an activating group) is 1. The molecule has 1 atom stereocenters. The molecule has 0 aliphatic carbocycles. The monoisotopic (exact) mass is 186 g/mol. The van der Waals surface area contributed by atoms with Crippen molar-refractivity contribution < 1.29 is 3.84 Å². The zero-order valence-electron chi connectivity index (χ0n) is 5.89. The van der Waals surface area contributed by atoms with Crippen LogP contribution in [0.4, 0.5) is 0 Å². The summed E-state index contributed by atoms with van der Waals surface area (Å²) in [7, 11) is 2.10. The van der Waals surface area contributed by atoms with Gasteiger partial charge in [0.1, 0.15) is 0 Å². The SMILES string of the molecule is CN1CC[C@@H](N)C1.ClOCl. The Labute approximate surface area is 71.4 Å². The average molecular weight is 187 g/mol. The number of rotatable bonds is 0. The summed E-state index contributed by atoms with van der Waals surface area (Å²) in [4.78, 5) is 2.25. The molecule has 0 unspecified atom stereocenters. The molecule has 1 fully saturated rings. The third-order valence-electron chi connectivity index (χ3n) is 1.43. The van der Waals surface area contributed by atoms with Crippen molar-refractivity contribution >= 4 is 23.7 Å². The zero-order chi connectivity index (χ0) is 7.98. The summed E-state index contributed by atoms with van der Waals surface area (Å²) in [5, 5.41) is 0. The second-order valence-corrected chi connectivity index (χ2v) is 2.84. The van der Waals surface area contributed by atoms with Gasteiger partial charge in [-0.3, -0.25) is 0 Å². The molecule has 1 heterocycles. The van der Waals surface area contributed by atoms with Gasteiger partial charge in [-0.2, -0.15) is 3.84 Å². The highest BCUT2D eigenvalue weighted by molar-refractivity contribution is 6.24. The van der Waals surface area contributed by atoms with Crippen molar-refractivity contribution in [2.75, 3.05) is 20.1 Å². The summed E-state index contributed by atoms with van der Waals surface area (Å²) in [6.07, 6.45) is 1.18. The lowest BCUT2D eigenvalue weighted by Gasteiger charge is -2.03. The maximum absolute atomic E-state index is 5.58. The van der Waals surface area contributed by atoms with Crippen LogP contribution in [0.2, 0.25) is 0 Å². The molecule has 10 heavy (non-hydrogen) atoms. The van der Waals surface area contributed by atoms with Crippen LogP contribution in [-0.4, -0.2) is 31.1 Å². The van der Waals surface area contributed by atoms with Gasteiger partial charge < -0.3 is 10.6 Å². The highest BCUT2D eigenvalue weighted by Gasteiger charge is 2.13. The Kier molecular flexibility index (Phi) is 6.47. The van der Waals surface area contributed by atoms with Gasteiger partial charge >= 0.3 is 0 Å². The summed E-state index contributed by atoms with van der Waals surface area (Å²) in [5.74, 6) is 0. The molecular weight excluding hydrogens is 175 g/mol. The molecule has 0 radical (unpaired) electrons. The van der Waals surface area contributed by atoms with Crippen LogP contribution >= 0.6 is 23.7 Å². The maximum Gasteiger partial charge on any atom is 0.0832 e. The van der Waals surface area contributed by atoms with E-state index in [9.17, 15) is 0 Å². The Hall–Kier alpha value is 0.460. The van der Waals surface area contributed by atoms with E-state index in [0.717, 1.165) is 6.54 Å². The predicted octanol–water partition coefficient (Wildman–Crippen LogP) is 0.960. The molecule has 0 aromatic carbocycles. The first-order chi connectivity index (χ1) is 4.70. The van der Waals surface area contributed by atoms with Crippen LogP contribution in [-0.2, 0) is 3.84 Å². The van der Waals surface area contributed by atoms with E-state index in [4.69, 9.17) is 5.73 Å². The molecular formula is C5H12Cl2N2O. The fraction of sp³-hybridized carbons (Fsp3) is 1.00. The van der Waals surface area contributed by atoms with Crippen LogP contribution in [0.1, 0.15) is 6.42 Å². The summed E-state index contributed by atoms with van der Waals surface area (Å²) in [6, 6.07) is 0.449. The van der Waals surface area contributed by atoms with Crippen LogP contribution in [0.15, 0.2) is 0 Å². The average Bonchev–Trinajstić information content (AvgIpc) is 2.17. The molecule has 0 aromatic rings. The summed E-state index contributed by atoms with van der Waals surface area (Å²) in [6.45, 7) is 2.27. The molecule has 0 aromatic heterocycles. The van der Waals surface area contributed by atoms with Crippen LogP contribution in [0.25, 0.3) is 0 Å². The molecule has 1 aliphatic heterocycles. The zero-order valence-corrected chi connectivity index (χ0v) is 7.40. The van der Waals surface area contributed by atoms with E-state index in [1.54, 1.807) is 0 Å². The van der Waals surface area contributed by atoms with E-state index in [-0.39, 0.29) is 0 Å². The normalized spacial score (nSPS) is 25.8. The summed E-state index contributed by atoms with van der Waals surface area (Å²) < 4.78 is 3.19. The first-order valence-corrected chi connectivity index (χ1v) is 3.66. The van der Waals surface area contributed by atoms with Crippen molar-refractivity contribution in [1.29, 1.82) is 0 Å². The van der Waals surface area contributed by atoms with Gasteiger partial charge in [-0.05, 0) is 20.0 Å². The number of nitrogens with two attached hydrogens (primary N) is 1. The van der Waals surface area contributed by atoms with Gasteiger partial charge in [-0.1, -0.05) is 0 Å². The second-order valence-electron chi connectivity index (χ2n) is 2.37. The minimum Gasteiger partial charge on any atom is -0.326 e. The minimum atomic E-state index is 0.449. The van der Waals surface area contributed by atoms with Crippen molar-refractivity contribution in [3.8, 4) is 0 Å². The van der Waals surface area contributed by atoms with E-state index < -0.39 is 0 Å². The first-order valence-electron chi connectivity index (χ1n) is 3.04. The predicted molar refractivity (Wildman–Crippen MR) is 42.9 cm³/mol. The van der Waals surface area contributed by atoms with Crippen molar-refractivity contribution in [2.24, 2.45) is 5.73 Å². The van der Waals surface area contributed by atoms with Gasteiger partial charge in [0.15, 0.2) is 0 Å². The van der Waals surface area contributed by atoms with Crippen LogP contribution in [0.5, 0.6) is 0 Å². The standard InChI is InChI=1S/C5H12N2.Cl2O/c1-7-3-2-5(6)4-7;1-3-2/h5H,2-4,6H2,1H3;/t5-;/m1./s1. The van der Waals surface area contributed by atoms with Gasteiger partial charge in [0, 0.05) is 12.6 Å². The largest absolute Gasteiger partial charge is 0.326 e. The van der Waals surface area contributed by atoms with Crippen LogP contribution in [0, 0.1) is 0 Å². The van der Waals surface area contributed by atoms with E-state index in [2.05, 4.69) is 39.5 Å². The van der Waals surface area contributed by atoms with Gasteiger partial charge in [0.05, 0.1) is 23.7 Å². The number of hydrogen-bond acceptors (Lipinski definition) is 3. The van der Waals surface area contributed by atoms with E-state index in [1.807, 2.05) is 0 Å². The fourth-order valence-corrected chi connectivity index (χ4v) is 0.969. The molecule has 1 saturated heterocycles. The Balaban J connectivity index is 0.000000236. The van der Waals surface area contributed by atoms with Gasteiger partial charge in [-0.25, -0.2) is 0 Å². The van der Waals surface area contributed by atoms with Crippen molar-refractivity contribution in [1.82, 2.24) is 4.90 Å². The quantitative estimate of drug-likeness (QED) is 0.613. The molecule has 0 bridgehead atoms. The lowest BCUT2D eigenvalue weighted by molar-refractivity contribution is 0.411. The van der Waals surface area contributed by atoms with Gasteiger partial charge in [0.25, 0.3) is 0 Å². The van der Waals surface area contributed by atoms with Crippen molar-refractivity contribution in [3.05, 3.63) is 0 Å². The molecule has 1 rings (SSSR count). The number of likely N-dealkylation sites (tertiary alicyclic amines) is 1. The smallest absolute Gasteiger partial charge is 0.0832 e. The molecule has 3 nitrogen and oxygen atoms in total. The molecule has 0 saturated carbocycles. The molecule has 62 valence electrons. The first kappa shape index (κ1) is 10.5. The second kappa shape index (κ2) is 6.19. The number of halogens is 2. The fourth-order valence-electron chi connectivity index (χ4n) is 0.969. The molecule has 1 aliphatic rings. The van der Waals surface area contributed by atoms with Crippen molar-refractivity contribution in [3.63, 3.8) is 0 Å². The maximum atomic E-state index is 5.58. The lowest BCUT2D eigenvalue weighted by Crippen LogP contribution is -2.23. The third kappa shape index (κ3) is 5.26. The molecule has 0 amide bonds. The molecule has 5 heteroatoms. The molecule has 0 spiro atoms. The van der Waals surface area contributed by atoms with E-state index in [1.165, 1.54) is 13.0 Å². The van der Waals surface area contributed by atoms with Crippen LogP contribution < -0.4 is 5.73 Å². The van der Waals surface area contributed by atoms with Crippen molar-refractivity contribution in [2.45, 2.75) is 12.5 Å². The van der Waals surface area contributed by atoms with Gasteiger partial charge in [0.2, 0.25) is 0 Å². The summed E-state index contributed by atoms with van der Waals surface area (Å²) in [5.41, 5.74) is 5.58. The minimum absolute atomic E-state index is 0.449. The topological polar surface area (TPSA) is 38.5 Å². The Morgan fingerprint density at radius 3 is 2.20 bits per heavy atom. The molecule has 2 N–H and O–H groups in total. The third-order valence-corrected chi connectivity index (χ3v) is 1.43. The highest BCUT2D eigenvalue weighted by atomic mass is 35.6. The Morgan fingerprint density at radius 1 is 1.60 bits per heavy atom. The van der Waals surface area contributed by atoms with Gasteiger partial charge in [-0.15, -0.1) is 0 Å². The Bertz CT molecular complexity index is 76.0. The number of nitrogens with zero attached hydrogens (tertiary/aromatic N) is 1. The van der Waals surface area contributed by atoms with E-state index in [0.29, 0.717) is 6.04 Å². The lowest BCUT2D eigenvalue weighted by atomic mass is 10.3. The Morgan fingerprint density at radius 2 is 2.10 bits per heavy atom. The number of hydrogen-bond donors (Lipinski definition) is 1. The van der Waals surface area contributed by atoms with Crippen LogP contribution in [0.3, 0.4) is 0 Å².